The Morgan fingerprint density at radius 1 is 1.29 bits per heavy atom. The molecule has 24 heavy (non-hydrogen) atoms. The molecule has 0 atom stereocenters. The largest absolute Gasteiger partial charge is 0.435 e. The van der Waals surface area contributed by atoms with Crippen LogP contribution >= 0.6 is 0 Å². The fourth-order valence-corrected chi connectivity index (χ4v) is 2.55. The van der Waals surface area contributed by atoms with E-state index in [1.807, 2.05) is 13.8 Å². The van der Waals surface area contributed by atoms with Crippen LogP contribution in [0.3, 0.4) is 0 Å². The lowest BCUT2D eigenvalue weighted by atomic mass is 10.3. The standard InChI is InChI=1S/C16H18N4O4/c1-9(2)17-14(22)15-18-10-7-20(8-12(10)24-15)16(23)11-5-4-6-13(21)19(11)3/h4-6,9H,7-8H2,1-3H3,(H,17,22). The molecule has 0 saturated carbocycles. The topological polar surface area (TPSA) is 97.4 Å². The molecule has 126 valence electrons. The third kappa shape index (κ3) is 2.82. The molecule has 1 aliphatic heterocycles. The van der Waals surface area contributed by atoms with Gasteiger partial charge in [-0.25, -0.2) is 4.98 Å². The van der Waals surface area contributed by atoms with E-state index >= 15 is 0 Å². The number of carbonyl (C=O) groups excluding carboxylic acids is 2. The molecule has 2 aromatic heterocycles. The van der Waals surface area contributed by atoms with Crippen LogP contribution in [0.15, 0.2) is 27.4 Å². The first kappa shape index (κ1) is 16.0. The van der Waals surface area contributed by atoms with Gasteiger partial charge in [0.25, 0.3) is 17.4 Å². The number of carbonyl (C=O) groups is 2. The Bertz CT molecular complexity index is 842. The van der Waals surface area contributed by atoms with Crippen molar-refractivity contribution in [2.45, 2.75) is 33.0 Å². The highest BCUT2D eigenvalue weighted by atomic mass is 16.4. The van der Waals surface area contributed by atoms with Gasteiger partial charge in [-0.3, -0.25) is 14.4 Å². The van der Waals surface area contributed by atoms with Gasteiger partial charge in [0.15, 0.2) is 0 Å². The van der Waals surface area contributed by atoms with Crippen LogP contribution in [0.2, 0.25) is 0 Å². The smallest absolute Gasteiger partial charge is 0.307 e. The molecule has 1 aliphatic rings. The van der Waals surface area contributed by atoms with Crippen LogP contribution in [0.5, 0.6) is 0 Å². The average Bonchev–Trinajstić information content (AvgIpc) is 3.07. The summed E-state index contributed by atoms with van der Waals surface area (Å²) in [6.07, 6.45) is 0. The number of rotatable bonds is 3. The molecule has 8 nitrogen and oxygen atoms in total. The molecular formula is C16H18N4O4. The Labute approximate surface area is 138 Å². The van der Waals surface area contributed by atoms with E-state index in [2.05, 4.69) is 10.3 Å². The molecule has 0 bridgehead atoms. The number of aromatic nitrogens is 2. The van der Waals surface area contributed by atoms with Crippen LogP contribution < -0.4 is 10.9 Å². The molecule has 0 aromatic carbocycles. The lowest BCUT2D eigenvalue weighted by molar-refractivity contribution is 0.0729. The second-order valence-electron chi connectivity index (χ2n) is 5.99. The third-order valence-corrected chi connectivity index (χ3v) is 3.76. The van der Waals surface area contributed by atoms with Gasteiger partial charge in [0.1, 0.15) is 17.1 Å². The molecule has 0 spiro atoms. The van der Waals surface area contributed by atoms with Crippen LogP contribution in [-0.2, 0) is 20.1 Å². The van der Waals surface area contributed by atoms with Crippen molar-refractivity contribution in [3.63, 3.8) is 0 Å². The zero-order valence-electron chi connectivity index (χ0n) is 13.7. The van der Waals surface area contributed by atoms with Crippen molar-refractivity contribution in [2.24, 2.45) is 7.05 Å². The Morgan fingerprint density at radius 2 is 2.04 bits per heavy atom. The van der Waals surface area contributed by atoms with E-state index in [-0.39, 0.29) is 42.4 Å². The van der Waals surface area contributed by atoms with E-state index < -0.39 is 0 Å². The fourth-order valence-electron chi connectivity index (χ4n) is 2.55. The molecule has 0 aliphatic carbocycles. The van der Waals surface area contributed by atoms with E-state index in [1.54, 1.807) is 19.2 Å². The number of amides is 2. The van der Waals surface area contributed by atoms with Crippen molar-refractivity contribution in [2.75, 3.05) is 0 Å². The van der Waals surface area contributed by atoms with Crippen molar-refractivity contribution in [1.82, 2.24) is 19.8 Å². The maximum absolute atomic E-state index is 12.6. The van der Waals surface area contributed by atoms with Crippen molar-refractivity contribution in [1.29, 1.82) is 0 Å². The van der Waals surface area contributed by atoms with E-state index in [1.165, 1.54) is 15.5 Å². The Kier molecular flexibility index (Phi) is 3.96. The van der Waals surface area contributed by atoms with Crippen LogP contribution in [0.4, 0.5) is 0 Å². The van der Waals surface area contributed by atoms with E-state index in [9.17, 15) is 14.4 Å². The molecule has 0 radical (unpaired) electrons. The van der Waals surface area contributed by atoms with E-state index in [0.29, 0.717) is 17.1 Å². The first-order valence-electron chi connectivity index (χ1n) is 7.61. The number of pyridine rings is 1. The maximum Gasteiger partial charge on any atom is 0.307 e. The minimum atomic E-state index is -0.372. The second-order valence-corrected chi connectivity index (χ2v) is 5.99. The fraction of sp³-hybridized carbons (Fsp3) is 0.375. The SMILES string of the molecule is CC(C)NC(=O)c1nc2c(o1)CN(C(=O)c1cccc(=O)n1C)C2. The summed E-state index contributed by atoms with van der Waals surface area (Å²) in [6, 6.07) is 4.53. The number of hydrogen-bond acceptors (Lipinski definition) is 5. The predicted molar refractivity (Wildman–Crippen MR) is 84.4 cm³/mol. The van der Waals surface area contributed by atoms with Crippen molar-refractivity contribution < 1.29 is 14.0 Å². The molecule has 2 aromatic rings. The Morgan fingerprint density at radius 3 is 2.71 bits per heavy atom. The lowest BCUT2D eigenvalue weighted by Gasteiger charge is -2.16. The van der Waals surface area contributed by atoms with Crippen LogP contribution in [0, 0.1) is 0 Å². The molecule has 1 N–H and O–H groups in total. The highest BCUT2D eigenvalue weighted by Crippen LogP contribution is 2.24. The molecule has 2 amide bonds. The summed E-state index contributed by atoms with van der Waals surface area (Å²) in [6.45, 7) is 4.16. The second kappa shape index (κ2) is 5.95. The summed E-state index contributed by atoms with van der Waals surface area (Å²) in [5.41, 5.74) is 0.617. The van der Waals surface area contributed by atoms with Crippen LogP contribution in [-0.4, -0.2) is 32.3 Å². The van der Waals surface area contributed by atoms with Crippen molar-refractivity contribution in [3.8, 4) is 0 Å². The molecular weight excluding hydrogens is 312 g/mol. The van der Waals surface area contributed by atoms with E-state index in [4.69, 9.17) is 4.42 Å². The van der Waals surface area contributed by atoms with Crippen molar-refractivity contribution >= 4 is 11.8 Å². The first-order valence-corrected chi connectivity index (χ1v) is 7.61. The quantitative estimate of drug-likeness (QED) is 0.892. The van der Waals surface area contributed by atoms with E-state index in [0.717, 1.165) is 0 Å². The van der Waals surface area contributed by atoms with Gasteiger partial charge in [-0.15, -0.1) is 0 Å². The van der Waals surface area contributed by atoms with Gasteiger partial charge in [0.05, 0.1) is 13.1 Å². The summed E-state index contributed by atoms with van der Waals surface area (Å²) in [5.74, 6) is -0.148. The van der Waals surface area contributed by atoms with Crippen LogP contribution in [0.1, 0.15) is 46.5 Å². The summed E-state index contributed by atoms with van der Waals surface area (Å²) in [5, 5.41) is 2.71. The molecule has 0 saturated heterocycles. The number of oxazole rings is 1. The highest BCUT2D eigenvalue weighted by molar-refractivity contribution is 5.93. The predicted octanol–water partition coefficient (Wildman–Crippen LogP) is 0.667. The minimum Gasteiger partial charge on any atom is -0.435 e. The monoisotopic (exact) mass is 330 g/mol. The summed E-state index contributed by atoms with van der Waals surface area (Å²) in [7, 11) is 1.55. The molecule has 3 heterocycles. The zero-order valence-corrected chi connectivity index (χ0v) is 13.7. The number of nitrogens with one attached hydrogen (secondary N) is 1. The first-order chi connectivity index (χ1) is 11.4. The molecule has 0 unspecified atom stereocenters. The summed E-state index contributed by atoms with van der Waals surface area (Å²) in [4.78, 5) is 41.8. The van der Waals surface area contributed by atoms with Gasteiger partial charge in [-0.2, -0.15) is 0 Å². The number of hydrogen-bond donors (Lipinski definition) is 1. The normalized spacial score (nSPS) is 13.2. The lowest BCUT2D eigenvalue weighted by Crippen LogP contribution is -2.32. The zero-order chi connectivity index (χ0) is 17.4. The molecule has 0 fully saturated rings. The van der Waals surface area contributed by atoms with Gasteiger partial charge in [-0.1, -0.05) is 6.07 Å². The minimum absolute atomic E-state index is 0.00732. The van der Waals surface area contributed by atoms with Crippen LogP contribution in [0.25, 0.3) is 0 Å². The highest BCUT2D eigenvalue weighted by Gasteiger charge is 2.31. The molecule has 8 heteroatoms. The summed E-state index contributed by atoms with van der Waals surface area (Å²) < 4.78 is 6.78. The number of nitrogens with zero attached hydrogens (tertiary/aromatic N) is 3. The average molecular weight is 330 g/mol. The third-order valence-electron chi connectivity index (χ3n) is 3.76. The van der Waals surface area contributed by atoms with Crippen molar-refractivity contribution in [3.05, 3.63) is 51.6 Å². The Balaban J connectivity index is 1.76. The Hall–Kier alpha value is -2.90. The van der Waals surface area contributed by atoms with Gasteiger partial charge in [-0.05, 0) is 19.9 Å². The van der Waals surface area contributed by atoms with Gasteiger partial charge in [0.2, 0.25) is 0 Å². The summed E-state index contributed by atoms with van der Waals surface area (Å²) >= 11 is 0. The maximum atomic E-state index is 12.6. The molecule has 3 rings (SSSR count). The van der Waals surface area contributed by atoms with Gasteiger partial charge >= 0.3 is 5.91 Å². The van der Waals surface area contributed by atoms with Gasteiger partial charge < -0.3 is 19.2 Å². The number of fused-ring (bicyclic) bond motifs is 1. The van der Waals surface area contributed by atoms with Gasteiger partial charge in [0, 0.05) is 19.2 Å².